The smallest absolute Gasteiger partial charge is 0.238 e. The van der Waals surface area contributed by atoms with E-state index >= 15 is 0 Å². The number of hydrogen-bond donors (Lipinski definition) is 1. The van der Waals surface area contributed by atoms with Crippen molar-refractivity contribution < 1.29 is 9.59 Å². The van der Waals surface area contributed by atoms with Crippen LogP contribution in [-0.4, -0.2) is 60.1 Å². The average molecular weight is 412 g/mol. The summed E-state index contributed by atoms with van der Waals surface area (Å²) < 4.78 is 0. The average Bonchev–Trinajstić information content (AvgIpc) is 2.73. The molecule has 0 radical (unpaired) electrons. The molecule has 3 rings (SSSR count). The number of thioether (sulfide) groups is 1. The molecule has 1 N–H and O–H groups in total. The molecular weight excluding hydrogens is 382 g/mol. The molecule has 6 heteroatoms. The van der Waals surface area contributed by atoms with Crippen LogP contribution >= 0.6 is 11.8 Å². The van der Waals surface area contributed by atoms with Crippen molar-refractivity contribution in [2.75, 3.05) is 43.8 Å². The number of anilines is 1. The summed E-state index contributed by atoms with van der Waals surface area (Å²) in [5.41, 5.74) is 3.24. The van der Waals surface area contributed by atoms with Gasteiger partial charge in [0.05, 0.1) is 12.3 Å². The number of carbonyl (C=O) groups excluding carboxylic acids is 2. The molecule has 29 heavy (non-hydrogen) atoms. The van der Waals surface area contributed by atoms with E-state index in [2.05, 4.69) is 36.2 Å². The minimum Gasteiger partial charge on any atom is -0.339 e. The van der Waals surface area contributed by atoms with Crippen LogP contribution < -0.4 is 5.32 Å². The number of nitrogens with zero attached hydrogens (tertiary/aromatic N) is 2. The fraction of sp³-hybridized carbons (Fsp3) is 0.391. The van der Waals surface area contributed by atoms with Crippen molar-refractivity contribution in [2.45, 2.75) is 25.2 Å². The molecular formula is C23H29N3O2S. The number of rotatable bonds is 7. The van der Waals surface area contributed by atoms with Crippen LogP contribution in [0.3, 0.4) is 0 Å². The molecule has 0 bridgehead atoms. The number of aryl methyl sites for hydroxylation is 2. The van der Waals surface area contributed by atoms with Crippen molar-refractivity contribution in [2.24, 2.45) is 0 Å². The van der Waals surface area contributed by atoms with Crippen molar-refractivity contribution in [3.05, 3.63) is 59.7 Å². The molecule has 0 saturated carbocycles. The molecule has 1 saturated heterocycles. The second-order valence-corrected chi connectivity index (χ2v) is 8.37. The van der Waals surface area contributed by atoms with E-state index < -0.39 is 0 Å². The largest absolute Gasteiger partial charge is 0.339 e. The summed E-state index contributed by atoms with van der Waals surface area (Å²) in [5.74, 6) is 0.621. The number of amides is 2. The second kappa shape index (κ2) is 10.5. The molecule has 0 atom stereocenters. The number of para-hydroxylation sites is 1. The van der Waals surface area contributed by atoms with Gasteiger partial charge in [-0.15, -0.1) is 11.8 Å². The van der Waals surface area contributed by atoms with Gasteiger partial charge in [-0.2, -0.15) is 0 Å². The lowest BCUT2D eigenvalue weighted by molar-refractivity contribution is -0.130. The molecule has 2 aromatic carbocycles. The third-order valence-corrected chi connectivity index (χ3v) is 6.09. The highest BCUT2D eigenvalue weighted by atomic mass is 32.2. The van der Waals surface area contributed by atoms with Crippen molar-refractivity contribution in [1.82, 2.24) is 9.80 Å². The summed E-state index contributed by atoms with van der Waals surface area (Å²) in [7, 11) is 0. The Morgan fingerprint density at radius 2 is 1.79 bits per heavy atom. The van der Waals surface area contributed by atoms with Crippen molar-refractivity contribution in [3.8, 4) is 0 Å². The van der Waals surface area contributed by atoms with Gasteiger partial charge < -0.3 is 10.2 Å². The fourth-order valence-electron chi connectivity index (χ4n) is 3.44. The maximum absolute atomic E-state index is 12.5. The first-order valence-corrected chi connectivity index (χ1v) is 11.1. The van der Waals surface area contributed by atoms with E-state index in [1.807, 2.05) is 41.3 Å². The van der Waals surface area contributed by atoms with Gasteiger partial charge in [-0.05, 0) is 37.1 Å². The molecule has 1 fully saturated rings. The molecule has 0 aliphatic carbocycles. The van der Waals surface area contributed by atoms with Crippen LogP contribution in [0.1, 0.15) is 18.1 Å². The van der Waals surface area contributed by atoms with Crippen LogP contribution in [0.15, 0.2) is 53.4 Å². The maximum atomic E-state index is 12.5. The maximum Gasteiger partial charge on any atom is 0.238 e. The molecule has 1 aliphatic rings. The minimum atomic E-state index is 0.000629. The van der Waals surface area contributed by atoms with Gasteiger partial charge in [-0.25, -0.2) is 0 Å². The summed E-state index contributed by atoms with van der Waals surface area (Å²) in [6.45, 7) is 7.30. The van der Waals surface area contributed by atoms with Crippen molar-refractivity contribution in [1.29, 1.82) is 0 Å². The Kier molecular flexibility index (Phi) is 7.72. The molecule has 0 unspecified atom stereocenters. The predicted molar refractivity (Wildman–Crippen MR) is 119 cm³/mol. The first-order chi connectivity index (χ1) is 14.0. The zero-order chi connectivity index (χ0) is 20.6. The van der Waals surface area contributed by atoms with Gasteiger partial charge in [0.2, 0.25) is 11.8 Å². The molecule has 2 aromatic rings. The first kappa shape index (κ1) is 21.4. The van der Waals surface area contributed by atoms with Crippen LogP contribution in [-0.2, 0) is 16.0 Å². The molecule has 0 spiro atoms. The lowest BCUT2D eigenvalue weighted by Crippen LogP contribution is -2.50. The second-order valence-electron chi connectivity index (χ2n) is 7.32. The van der Waals surface area contributed by atoms with E-state index in [0.717, 1.165) is 35.7 Å². The van der Waals surface area contributed by atoms with Crippen molar-refractivity contribution >= 4 is 29.3 Å². The summed E-state index contributed by atoms with van der Waals surface area (Å²) in [4.78, 5) is 30.1. The van der Waals surface area contributed by atoms with Gasteiger partial charge in [0.15, 0.2) is 0 Å². The van der Waals surface area contributed by atoms with Crippen LogP contribution in [0.2, 0.25) is 0 Å². The summed E-state index contributed by atoms with van der Waals surface area (Å²) >= 11 is 1.58. The van der Waals surface area contributed by atoms with E-state index in [-0.39, 0.29) is 11.8 Å². The minimum absolute atomic E-state index is 0.000629. The Morgan fingerprint density at radius 1 is 1.03 bits per heavy atom. The normalized spacial score (nSPS) is 14.6. The summed E-state index contributed by atoms with van der Waals surface area (Å²) in [5, 5.41) is 3.02. The van der Waals surface area contributed by atoms with Crippen LogP contribution in [0.5, 0.6) is 0 Å². The molecule has 2 amide bonds. The highest BCUT2D eigenvalue weighted by molar-refractivity contribution is 8.00. The van der Waals surface area contributed by atoms with Gasteiger partial charge in [-0.3, -0.25) is 14.5 Å². The zero-order valence-electron chi connectivity index (χ0n) is 17.2. The van der Waals surface area contributed by atoms with Gasteiger partial charge in [0.1, 0.15) is 0 Å². The number of piperazine rings is 1. The van der Waals surface area contributed by atoms with E-state index in [0.29, 0.717) is 25.4 Å². The number of nitrogens with one attached hydrogen (secondary N) is 1. The Hall–Kier alpha value is -2.31. The molecule has 0 aromatic heterocycles. The lowest BCUT2D eigenvalue weighted by atomic mass is 10.1. The van der Waals surface area contributed by atoms with Gasteiger partial charge in [0, 0.05) is 36.8 Å². The summed E-state index contributed by atoms with van der Waals surface area (Å²) in [6, 6.07) is 16.1. The number of carbonyl (C=O) groups is 2. The Labute approximate surface area is 177 Å². The monoisotopic (exact) mass is 411 g/mol. The summed E-state index contributed by atoms with van der Waals surface area (Å²) in [6.07, 6.45) is 0.887. The number of hydrogen-bond acceptors (Lipinski definition) is 4. The molecule has 154 valence electrons. The van der Waals surface area contributed by atoms with Crippen molar-refractivity contribution in [3.63, 3.8) is 0 Å². The van der Waals surface area contributed by atoms with Crippen LogP contribution in [0.4, 0.5) is 5.69 Å². The molecule has 5 nitrogen and oxygen atoms in total. The topological polar surface area (TPSA) is 52.7 Å². The molecule has 1 heterocycles. The zero-order valence-corrected chi connectivity index (χ0v) is 18.0. The Morgan fingerprint density at radius 3 is 2.52 bits per heavy atom. The van der Waals surface area contributed by atoms with Crippen LogP contribution in [0.25, 0.3) is 0 Å². The van der Waals surface area contributed by atoms with E-state index in [1.54, 1.807) is 11.8 Å². The Bertz CT molecular complexity index is 848. The third kappa shape index (κ3) is 6.34. The fourth-order valence-corrected chi connectivity index (χ4v) is 4.36. The predicted octanol–water partition coefficient (Wildman–Crippen LogP) is 3.43. The first-order valence-electron chi connectivity index (χ1n) is 10.1. The lowest BCUT2D eigenvalue weighted by Gasteiger charge is -2.34. The highest BCUT2D eigenvalue weighted by Crippen LogP contribution is 2.20. The van der Waals surface area contributed by atoms with Gasteiger partial charge in [0.25, 0.3) is 0 Å². The number of benzene rings is 2. The van der Waals surface area contributed by atoms with Gasteiger partial charge >= 0.3 is 0 Å². The quantitative estimate of drug-likeness (QED) is 0.709. The third-order valence-electron chi connectivity index (χ3n) is 5.12. The standard InChI is InChI=1S/C23H29N3O2S/c1-3-19-8-4-5-10-21(19)24-22(27)16-25-11-13-26(14-12-25)23(28)17-29-20-9-6-7-18(2)15-20/h4-10,15H,3,11-14,16-17H2,1-2H3,(H,24,27). The van der Waals surface area contributed by atoms with E-state index in [4.69, 9.17) is 0 Å². The Balaban J connectivity index is 1.41. The van der Waals surface area contributed by atoms with Gasteiger partial charge in [-0.1, -0.05) is 42.8 Å². The SMILES string of the molecule is CCc1ccccc1NC(=O)CN1CCN(C(=O)CSc2cccc(C)c2)CC1. The highest BCUT2D eigenvalue weighted by Gasteiger charge is 2.22. The van der Waals surface area contributed by atoms with E-state index in [9.17, 15) is 9.59 Å². The van der Waals surface area contributed by atoms with Crippen LogP contribution in [0, 0.1) is 6.92 Å². The molecule has 1 aliphatic heterocycles. The van der Waals surface area contributed by atoms with E-state index in [1.165, 1.54) is 5.56 Å².